The molecular weight excluding hydrogens is 341 g/mol. The largest absolute Gasteiger partial charge is 0.457 e. The van der Waals surface area contributed by atoms with Gasteiger partial charge in [0.2, 0.25) is 0 Å². The van der Waals surface area contributed by atoms with E-state index in [9.17, 15) is 13.2 Å². The first-order valence-electron chi connectivity index (χ1n) is 7.40. The molecule has 2 aromatic carbocycles. The fraction of sp³-hybridized carbons (Fsp3) is 0.333. The Kier molecular flexibility index (Phi) is 5.45. The third kappa shape index (κ3) is 4.02. The van der Waals surface area contributed by atoms with Gasteiger partial charge in [0.25, 0.3) is 0 Å². The van der Waals surface area contributed by atoms with E-state index in [4.69, 9.17) is 21.1 Å². The molecule has 0 radical (unpaired) electrons. The second kappa shape index (κ2) is 7.03. The number of alkyl halides is 3. The minimum absolute atomic E-state index is 0.0865. The van der Waals surface area contributed by atoms with Crippen molar-refractivity contribution in [1.82, 2.24) is 0 Å². The van der Waals surface area contributed by atoms with E-state index in [-0.39, 0.29) is 11.3 Å². The van der Waals surface area contributed by atoms with Gasteiger partial charge >= 0.3 is 6.18 Å². The van der Waals surface area contributed by atoms with Crippen LogP contribution in [0.1, 0.15) is 31.4 Å². The van der Waals surface area contributed by atoms with Gasteiger partial charge < -0.3 is 9.47 Å². The van der Waals surface area contributed by atoms with E-state index >= 15 is 0 Å². The van der Waals surface area contributed by atoms with Crippen molar-refractivity contribution in [1.29, 1.82) is 0 Å². The Morgan fingerprint density at radius 3 is 2.04 bits per heavy atom. The molecule has 0 aliphatic rings. The van der Waals surface area contributed by atoms with Crippen LogP contribution in [0.2, 0.25) is 5.02 Å². The van der Waals surface area contributed by atoms with Gasteiger partial charge in [0.05, 0.1) is 11.2 Å². The smallest absolute Gasteiger partial charge is 0.416 e. The lowest BCUT2D eigenvalue weighted by Gasteiger charge is -2.30. The van der Waals surface area contributed by atoms with Crippen molar-refractivity contribution in [2.75, 3.05) is 7.11 Å². The summed E-state index contributed by atoms with van der Waals surface area (Å²) in [5, 5.41) is 0.521. The average molecular weight is 359 g/mol. The summed E-state index contributed by atoms with van der Waals surface area (Å²) in [4.78, 5) is 0. The summed E-state index contributed by atoms with van der Waals surface area (Å²) in [5.74, 6) is 0.508. The number of rotatable bonds is 5. The highest BCUT2D eigenvalue weighted by Crippen LogP contribution is 2.41. The summed E-state index contributed by atoms with van der Waals surface area (Å²) >= 11 is 5.78. The summed E-state index contributed by atoms with van der Waals surface area (Å²) in [6, 6.07) is 10.3. The second-order valence-corrected chi connectivity index (χ2v) is 5.99. The van der Waals surface area contributed by atoms with Crippen molar-refractivity contribution in [2.45, 2.75) is 32.0 Å². The maximum Gasteiger partial charge on any atom is 0.416 e. The van der Waals surface area contributed by atoms with E-state index < -0.39 is 17.3 Å². The van der Waals surface area contributed by atoms with E-state index in [0.29, 0.717) is 17.2 Å². The van der Waals surface area contributed by atoms with Gasteiger partial charge in [0, 0.05) is 12.1 Å². The second-order valence-electron chi connectivity index (χ2n) is 5.55. The molecule has 2 nitrogen and oxygen atoms in total. The van der Waals surface area contributed by atoms with E-state index in [0.717, 1.165) is 6.07 Å². The quantitative estimate of drug-likeness (QED) is 0.613. The van der Waals surface area contributed by atoms with E-state index in [1.165, 1.54) is 19.2 Å². The minimum atomic E-state index is -4.51. The van der Waals surface area contributed by atoms with E-state index in [1.807, 2.05) is 0 Å². The Bertz CT molecular complexity index is 692. The molecule has 0 saturated carbocycles. The predicted molar refractivity (Wildman–Crippen MR) is 87.6 cm³/mol. The third-order valence-corrected chi connectivity index (χ3v) is 4.29. The maximum atomic E-state index is 13.5. The Morgan fingerprint density at radius 1 is 0.958 bits per heavy atom. The molecule has 0 amide bonds. The fourth-order valence-electron chi connectivity index (χ4n) is 2.37. The van der Waals surface area contributed by atoms with Gasteiger partial charge in [-0.25, -0.2) is 0 Å². The molecule has 0 aliphatic heterocycles. The molecule has 0 N–H and O–H groups in total. The van der Waals surface area contributed by atoms with Crippen molar-refractivity contribution in [3.05, 3.63) is 58.6 Å². The normalized spacial score (nSPS) is 14.3. The zero-order chi connectivity index (χ0) is 18.0. The SMILES string of the molecule is CCC(C)(OC)c1ccc(Oc2ccc(Cl)cc2)cc1C(F)(F)F. The number of benzene rings is 2. The van der Waals surface area contributed by atoms with Crippen molar-refractivity contribution in [3.8, 4) is 11.5 Å². The molecule has 1 atom stereocenters. The third-order valence-electron chi connectivity index (χ3n) is 4.04. The number of ether oxygens (including phenoxy) is 2. The topological polar surface area (TPSA) is 18.5 Å². The zero-order valence-corrected chi connectivity index (χ0v) is 14.3. The highest BCUT2D eigenvalue weighted by atomic mass is 35.5. The monoisotopic (exact) mass is 358 g/mol. The molecule has 0 fully saturated rings. The summed E-state index contributed by atoms with van der Waals surface area (Å²) < 4.78 is 51.3. The lowest BCUT2D eigenvalue weighted by atomic mass is 9.88. The average Bonchev–Trinajstić information content (AvgIpc) is 2.55. The number of halogens is 4. The molecular formula is C18H18ClF3O2. The van der Waals surface area contributed by atoms with Gasteiger partial charge in [-0.1, -0.05) is 24.6 Å². The number of hydrogen-bond donors (Lipinski definition) is 0. The Balaban J connectivity index is 2.45. The van der Waals surface area contributed by atoms with Crippen molar-refractivity contribution in [3.63, 3.8) is 0 Å². The highest BCUT2D eigenvalue weighted by Gasteiger charge is 2.39. The summed E-state index contributed by atoms with van der Waals surface area (Å²) in [6.07, 6.45) is -4.10. The Hall–Kier alpha value is -1.72. The van der Waals surface area contributed by atoms with Gasteiger partial charge in [-0.05, 0) is 55.3 Å². The van der Waals surface area contributed by atoms with Crippen LogP contribution in [0, 0.1) is 0 Å². The molecule has 0 bridgehead atoms. The van der Waals surface area contributed by atoms with Crippen molar-refractivity contribution in [2.24, 2.45) is 0 Å². The van der Waals surface area contributed by atoms with Crippen LogP contribution in [-0.4, -0.2) is 7.11 Å². The van der Waals surface area contributed by atoms with E-state index in [2.05, 4.69) is 0 Å². The van der Waals surface area contributed by atoms with Gasteiger partial charge in [0.15, 0.2) is 0 Å². The molecule has 6 heteroatoms. The fourth-order valence-corrected chi connectivity index (χ4v) is 2.49. The van der Waals surface area contributed by atoms with Crippen LogP contribution in [0.4, 0.5) is 13.2 Å². The lowest BCUT2D eigenvalue weighted by Crippen LogP contribution is -2.27. The molecule has 0 aliphatic carbocycles. The van der Waals surface area contributed by atoms with Gasteiger partial charge in [-0.2, -0.15) is 13.2 Å². The van der Waals surface area contributed by atoms with Crippen LogP contribution < -0.4 is 4.74 Å². The first kappa shape index (κ1) is 18.6. The summed E-state index contributed by atoms with van der Waals surface area (Å²) in [6.45, 7) is 3.42. The Morgan fingerprint density at radius 2 is 1.54 bits per heavy atom. The van der Waals surface area contributed by atoms with Gasteiger partial charge in [-0.15, -0.1) is 0 Å². The van der Waals surface area contributed by atoms with Gasteiger partial charge in [0.1, 0.15) is 11.5 Å². The summed E-state index contributed by atoms with van der Waals surface area (Å²) in [5.41, 5.74) is -1.70. The molecule has 130 valence electrons. The molecule has 0 spiro atoms. The summed E-state index contributed by atoms with van der Waals surface area (Å²) in [7, 11) is 1.40. The molecule has 0 saturated heterocycles. The molecule has 2 rings (SSSR count). The van der Waals surface area contributed by atoms with Crippen LogP contribution in [0.3, 0.4) is 0 Å². The van der Waals surface area contributed by atoms with Crippen molar-refractivity contribution < 1.29 is 22.6 Å². The predicted octanol–water partition coefficient (Wildman–Crippen LogP) is 6.42. The molecule has 0 aromatic heterocycles. The molecule has 2 aromatic rings. The zero-order valence-electron chi connectivity index (χ0n) is 13.6. The molecule has 0 heterocycles. The number of hydrogen-bond acceptors (Lipinski definition) is 2. The Labute approximate surface area is 144 Å². The van der Waals surface area contributed by atoms with Crippen LogP contribution in [0.25, 0.3) is 0 Å². The van der Waals surface area contributed by atoms with E-state index in [1.54, 1.807) is 38.1 Å². The van der Waals surface area contributed by atoms with Crippen LogP contribution in [0.15, 0.2) is 42.5 Å². The highest BCUT2D eigenvalue weighted by molar-refractivity contribution is 6.30. The first-order chi connectivity index (χ1) is 11.2. The molecule has 1 unspecified atom stereocenters. The first-order valence-corrected chi connectivity index (χ1v) is 7.77. The van der Waals surface area contributed by atoms with Crippen molar-refractivity contribution >= 4 is 11.6 Å². The van der Waals surface area contributed by atoms with Crippen LogP contribution in [-0.2, 0) is 16.5 Å². The van der Waals surface area contributed by atoms with Crippen LogP contribution >= 0.6 is 11.6 Å². The van der Waals surface area contributed by atoms with Crippen LogP contribution in [0.5, 0.6) is 11.5 Å². The standard InChI is InChI=1S/C18H18ClF3O2/c1-4-17(2,23-3)15-10-9-14(11-16(15)18(20,21)22)24-13-7-5-12(19)6-8-13/h5-11H,4H2,1-3H3. The maximum absolute atomic E-state index is 13.5. The number of methoxy groups -OCH3 is 1. The minimum Gasteiger partial charge on any atom is -0.457 e. The van der Waals surface area contributed by atoms with Gasteiger partial charge in [-0.3, -0.25) is 0 Å². The molecule has 24 heavy (non-hydrogen) atoms. The lowest BCUT2D eigenvalue weighted by molar-refractivity contribution is -0.141.